The highest BCUT2D eigenvalue weighted by Crippen LogP contribution is 2.37. The van der Waals surface area contributed by atoms with E-state index in [4.69, 9.17) is 0 Å². The van der Waals surface area contributed by atoms with Gasteiger partial charge in [-0.3, -0.25) is 0 Å². The van der Waals surface area contributed by atoms with Crippen LogP contribution in [-0.2, 0) is 6.54 Å². The van der Waals surface area contributed by atoms with Crippen molar-refractivity contribution in [3.8, 4) is 0 Å². The summed E-state index contributed by atoms with van der Waals surface area (Å²) in [5.41, 5.74) is 2.99. The van der Waals surface area contributed by atoms with Gasteiger partial charge in [-0.15, -0.1) is 11.3 Å². The minimum Gasteiger partial charge on any atom is -0.310 e. The molecule has 0 aliphatic heterocycles. The summed E-state index contributed by atoms with van der Waals surface area (Å²) < 4.78 is 1.43. The summed E-state index contributed by atoms with van der Waals surface area (Å²) in [6.45, 7) is 14.6. The van der Waals surface area contributed by atoms with Gasteiger partial charge in [0.2, 0.25) is 0 Å². The molecule has 0 amide bonds. The van der Waals surface area contributed by atoms with Gasteiger partial charge in [-0.05, 0) is 40.5 Å². The van der Waals surface area contributed by atoms with Crippen LogP contribution in [0.4, 0.5) is 0 Å². The lowest BCUT2D eigenvalue weighted by molar-refractivity contribution is 0.590. The van der Waals surface area contributed by atoms with Crippen molar-refractivity contribution in [3.63, 3.8) is 0 Å². The Bertz CT molecular complexity index is 578. The smallest absolute Gasteiger partial charge is 0.0349 e. The third-order valence-corrected chi connectivity index (χ3v) is 4.93. The van der Waals surface area contributed by atoms with Crippen molar-refractivity contribution in [1.29, 1.82) is 0 Å². The highest BCUT2D eigenvalue weighted by atomic mass is 32.1. The quantitative estimate of drug-likeness (QED) is 0.750. The van der Waals surface area contributed by atoms with E-state index in [-0.39, 0.29) is 0 Å². The monoisotopic (exact) mass is 289 g/mol. The van der Waals surface area contributed by atoms with Crippen LogP contribution in [0.1, 0.15) is 69.4 Å². The SMILES string of the molecule is CC(C)NCc1sc2ccc(C(C)C)cc2c1C(C)C. The molecular formula is C18H27NS. The maximum atomic E-state index is 3.57. The largest absolute Gasteiger partial charge is 0.310 e. The Morgan fingerprint density at radius 2 is 1.70 bits per heavy atom. The summed E-state index contributed by atoms with van der Waals surface area (Å²) in [7, 11) is 0. The van der Waals surface area contributed by atoms with Gasteiger partial charge in [0.25, 0.3) is 0 Å². The van der Waals surface area contributed by atoms with Crippen LogP contribution in [0.3, 0.4) is 0 Å². The van der Waals surface area contributed by atoms with Gasteiger partial charge in [0, 0.05) is 22.2 Å². The molecule has 0 atom stereocenters. The third kappa shape index (κ3) is 3.24. The summed E-state index contributed by atoms with van der Waals surface area (Å²) in [6.07, 6.45) is 0. The normalized spacial score (nSPS) is 12.2. The molecule has 0 spiro atoms. The maximum absolute atomic E-state index is 3.57. The number of nitrogens with one attached hydrogen (secondary N) is 1. The van der Waals surface area contributed by atoms with E-state index in [1.807, 2.05) is 11.3 Å². The van der Waals surface area contributed by atoms with Gasteiger partial charge in [0.05, 0.1) is 0 Å². The second kappa shape index (κ2) is 6.28. The summed E-state index contributed by atoms with van der Waals surface area (Å²) in [6, 6.07) is 7.53. The zero-order valence-corrected chi connectivity index (χ0v) is 14.4. The molecule has 1 heterocycles. The lowest BCUT2D eigenvalue weighted by atomic mass is 9.95. The van der Waals surface area contributed by atoms with Crippen molar-refractivity contribution >= 4 is 21.4 Å². The van der Waals surface area contributed by atoms with E-state index >= 15 is 0 Å². The van der Waals surface area contributed by atoms with Crippen LogP contribution < -0.4 is 5.32 Å². The number of rotatable bonds is 5. The molecule has 2 heteroatoms. The predicted molar refractivity (Wildman–Crippen MR) is 92.0 cm³/mol. The topological polar surface area (TPSA) is 12.0 Å². The summed E-state index contributed by atoms with van der Waals surface area (Å²) in [5.74, 6) is 1.17. The first-order valence-corrected chi connectivity index (χ1v) is 8.50. The molecule has 1 N–H and O–H groups in total. The molecule has 1 aromatic carbocycles. The highest BCUT2D eigenvalue weighted by molar-refractivity contribution is 7.19. The fourth-order valence-corrected chi connectivity index (χ4v) is 3.90. The first-order chi connectivity index (χ1) is 9.40. The summed E-state index contributed by atoms with van der Waals surface area (Å²) in [4.78, 5) is 1.50. The molecule has 0 aliphatic carbocycles. The molecule has 2 aromatic rings. The van der Waals surface area contributed by atoms with E-state index in [0.29, 0.717) is 17.9 Å². The Kier molecular flexibility index (Phi) is 4.87. The van der Waals surface area contributed by atoms with Crippen molar-refractivity contribution in [2.24, 2.45) is 0 Å². The van der Waals surface area contributed by atoms with Crippen LogP contribution in [0.2, 0.25) is 0 Å². The van der Waals surface area contributed by atoms with Crippen molar-refractivity contribution in [3.05, 3.63) is 34.2 Å². The predicted octanol–water partition coefficient (Wildman–Crippen LogP) is 5.65. The molecule has 0 aliphatic rings. The van der Waals surface area contributed by atoms with Crippen molar-refractivity contribution in [2.75, 3.05) is 0 Å². The van der Waals surface area contributed by atoms with Gasteiger partial charge in [0.1, 0.15) is 0 Å². The van der Waals surface area contributed by atoms with Crippen LogP contribution in [0, 0.1) is 0 Å². The molecule has 0 bridgehead atoms. The van der Waals surface area contributed by atoms with Crippen molar-refractivity contribution < 1.29 is 0 Å². The Hall–Kier alpha value is -0.860. The molecule has 0 radical (unpaired) electrons. The lowest BCUT2D eigenvalue weighted by Crippen LogP contribution is -2.21. The average molecular weight is 289 g/mol. The van der Waals surface area contributed by atoms with Crippen molar-refractivity contribution in [2.45, 2.75) is 66.0 Å². The molecule has 1 aromatic heterocycles. The Balaban J connectivity index is 2.50. The number of benzene rings is 1. The van der Waals surface area contributed by atoms with Gasteiger partial charge >= 0.3 is 0 Å². The Morgan fingerprint density at radius 3 is 2.25 bits per heavy atom. The number of hydrogen-bond acceptors (Lipinski definition) is 2. The molecule has 1 nitrogen and oxygen atoms in total. The van der Waals surface area contributed by atoms with E-state index in [1.54, 1.807) is 5.56 Å². The zero-order chi connectivity index (χ0) is 14.9. The van der Waals surface area contributed by atoms with E-state index in [2.05, 4.69) is 65.1 Å². The second-order valence-corrected chi connectivity index (χ2v) is 7.68. The standard InChI is InChI=1S/C18H27NS/c1-11(2)14-7-8-16-15(9-14)18(12(3)4)17(20-16)10-19-13(5)6/h7-9,11-13,19H,10H2,1-6H3. The summed E-state index contributed by atoms with van der Waals surface area (Å²) in [5, 5.41) is 5.04. The van der Waals surface area contributed by atoms with Gasteiger partial charge in [-0.1, -0.05) is 47.6 Å². The minimum absolute atomic E-state index is 0.534. The molecule has 0 saturated heterocycles. The molecule has 110 valence electrons. The van der Waals surface area contributed by atoms with Crippen LogP contribution >= 0.6 is 11.3 Å². The van der Waals surface area contributed by atoms with Crippen LogP contribution in [0.25, 0.3) is 10.1 Å². The van der Waals surface area contributed by atoms with Crippen LogP contribution in [0.15, 0.2) is 18.2 Å². The maximum Gasteiger partial charge on any atom is 0.0349 e. The fraction of sp³-hybridized carbons (Fsp3) is 0.556. The van der Waals surface area contributed by atoms with Gasteiger partial charge < -0.3 is 5.32 Å². The Morgan fingerprint density at radius 1 is 1.00 bits per heavy atom. The second-order valence-electron chi connectivity index (χ2n) is 6.54. The molecule has 0 fully saturated rings. The molecule has 20 heavy (non-hydrogen) atoms. The Labute approximate surface area is 127 Å². The van der Waals surface area contributed by atoms with Gasteiger partial charge in [-0.2, -0.15) is 0 Å². The zero-order valence-electron chi connectivity index (χ0n) is 13.6. The van der Waals surface area contributed by atoms with E-state index < -0.39 is 0 Å². The summed E-state index contributed by atoms with van der Waals surface area (Å²) >= 11 is 1.95. The first kappa shape index (κ1) is 15.5. The van der Waals surface area contributed by atoms with E-state index in [0.717, 1.165) is 6.54 Å². The lowest BCUT2D eigenvalue weighted by Gasteiger charge is -2.12. The number of thiophene rings is 1. The molecular weight excluding hydrogens is 262 g/mol. The van der Waals surface area contributed by atoms with E-state index in [9.17, 15) is 0 Å². The first-order valence-electron chi connectivity index (χ1n) is 7.68. The minimum atomic E-state index is 0.534. The average Bonchev–Trinajstić information content (AvgIpc) is 2.73. The number of fused-ring (bicyclic) bond motifs is 1. The molecule has 0 unspecified atom stereocenters. The van der Waals surface area contributed by atoms with Crippen LogP contribution in [-0.4, -0.2) is 6.04 Å². The number of hydrogen-bond donors (Lipinski definition) is 1. The third-order valence-electron chi connectivity index (χ3n) is 3.74. The van der Waals surface area contributed by atoms with E-state index in [1.165, 1.54) is 20.5 Å². The van der Waals surface area contributed by atoms with Gasteiger partial charge in [-0.25, -0.2) is 0 Å². The fourth-order valence-electron chi connectivity index (χ4n) is 2.61. The van der Waals surface area contributed by atoms with Crippen molar-refractivity contribution in [1.82, 2.24) is 5.32 Å². The molecule has 0 saturated carbocycles. The molecule has 2 rings (SSSR count). The van der Waals surface area contributed by atoms with Gasteiger partial charge in [0.15, 0.2) is 0 Å². The highest BCUT2D eigenvalue weighted by Gasteiger charge is 2.16. The van der Waals surface area contributed by atoms with Crippen LogP contribution in [0.5, 0.6) is 0 Å².